The molecule has 0 nitrogen and oxygen atoms in total. The summed E-state index contributed by atoms with van der Waals surface area (Å²) < 4.78 is 0. The molecule has 0 aliphatic heterocycles. The van der Waals surface area contributed by atoms with Gasteiger partial charge in [-0.15, -0.1) is 0 Å². The van der Waals surface area contributed by atoms with Crippen molar-refractivity contribution < 1.29 is 0 Å². The van der Waals surface area contributed by atoms with E-state index in [1.807, 2.05) is 0 Å². The molecule has 0 N–H and O–H groups in total. The largest absolute Gasteiger partial charge is 0.168 e. The van der Waals surface area contributed by atoms with E-state index in [0.29, 0.717) is 0 Å². The predicted octanol–water partition coefficient (Wildman–Crippen LogP) is 4.50. The molecule has 0 unspecified atom stereocenters. The smallest absolute Gasteiger partial charge is 0.0654 e. The van der Waals surface area contributed by atoms with Crippen LogP contribution >= 0.6 is 7.55 Å². The molecule has 0 fully saturated rings. The van der Waals surface area contributed by atoms with Gasteiger partial charge in [-0.2, -0.15) is 0 Å². The van der Waals surface area contributed by atoms with Gasteiger partial charge in [-0.3, -0.25) is 0 Å². The monoisotopic (exact) mass is 269 g/mol. The molecule has 19 heavy (non-hydrogen) atoms. The summed E-state index contributed by atoms with van der Waals surface area (Å²) in [6, 6.07) is 21.9. The molecule has 0 aromatic heterocycles. The fourth-order valence-corrected chi connectivity index (χ4v) is 4.79. The highest BCUT2D eigenvalue weighted by atomic mass is 31.1. The first-order valence-corrected chi connectivity index (χ1v) is 8.39. The van der Waals surface area contributed by atoms with E-state index in [4.69, 9.17) is 0 Å². The number of benzene rings is 2. The molecule has 0 saturated carbocycles. The minimum Gasteiger partial charge on any atom is -0.0654 e. The summed E-state index contributed by atoms with van der Waals surface area (Å²) in [5.74, 6) is 0. The Morgan fingerprint density at radius 2 is 1.32 bits per heavy atom. The third-order valence-corrected chi connectivity index (χ3v) is 5.92. The normalized spacial score (nSPS) is 10.2. The Kier molecular flexibility index (Phi) is 5.36. The van der Waals surface area contributed by atoms with Crippen molar-refractivity contribution in [2.45, 2.75) is 33.1 Å². The second-order valence-electron chi connectivity index (χ2n) is 4.85. The van der Waals surface area contributed by atoms with Gasteiger partial charge in [0.25, 0.3) is 0 Å². The van der Waals surface area contributed by atoms with Crippen molar-refractivity contribution in [3.8, 4) is 0 Å². The van der Waals surface area contributed by atoms with E-state index in [1.165, 1.54) is 29.9 Å². The fourth-order valence-electron chi connectivity index (χ4n) is 2.29. The lowest BCUT2D eigenvalue weighted by Gasteiger charge is -2.01. The minimum absolute atomic E-state index is 0.307. The summed E-state index contributed by atoms with van der Waals surface area (Å²) in [5, 5.41) is 4.57. The first-order valence-electron chi connectivity index (χ1n) is 7.05. The van der Waals surface area contributed by atoms with E-state index in [0.717, 1.165) is 0 Å². The van der Waals surface area contributed by atoms with Crippen molar-refractivity contribution in [3.05, 3.63) is 60.7 Å². The summed E-state index contributed by atoms with van der Waals surface area (Å²) in [7, 11) is -0.307. The molecule has 1 heteroatoms. The first kappa shape index (κ1) is 14.0. The maximum Gasteiger partial charge on any atom is 0.168 e. The van der Waals surface area contributed by atoms with E-state index in [-0.39, 0.29) is 7.55 Å². The van der Waals surface area contributed by atoms with Gasteiger partial charge in [-0.25, -0.2) is 0 Å². The first-order chi connectivity index (χ1) is 9.33. The quantitative estimate of drug-likeness (QED) is 0.701. The summed E-state index contributed by atoms with van der Waals surface area (Å²) in [5.41, 5.74) is 0. The lowest BCUT2D eigenvalue weighted by Crippen LogP contribution is -2.11. The molecule has 0 amide bonds. The molecule has 0 heterocycles. The highest BCUT2D eigenvalue weighted by molar-refractivity contribution is 7.73. The third-order valence-electron chi connectivity index (χ3n) is 3.30. The zero-order valence-electron chi connectivity index (χ0n) is 11.8. The maximum absolute atomic E-state index is 2.33. The Morgan fingerprint density at radius 3 is 1.74 bits per heavy atom. The van der Waals surface area contributed by atoms with Crippen LogP contribution in [0.15, 0.2) is 60.7 Å². The van der Waals surface area contributed by atoms with Gasteiger partial charge < -0.3 is 0 Å². The van der Waals surface area contributed by atoms with Gasteiger partial charge in [0.15, 0.2) is 18.2 Å². The molecule has 0 bridgehead atoms. The Morgan fingerprint density at radius 1 is 0.842 bits per heavy atom. The van der Waals surface area contributed by atoms with Crippen LogP contribution in [0.4, 0.5) is 0 Å². The van der Waals surface area contributed by atoms with Crippen molar-refractivity contribution in [2.24, 2.45) is 0 Å². The van der Waals surface area contributed by atoms with Crippen molar-refractivity contribution in [1.29, 1.82) is 0 Å². The summed E-state index contributed by atoms with van der Waals surface area (Å²) >= 11 is 0. The van der Waals surface area contributed by atoms with Crippen LogP contribution in [-0.2, 0) is 0 Å². The van der Waals surface area contributed by atoms with Crippen LogP contribution in [0.5, 0.6) is 0 Å². The van der Waals surface area contributed by atoms with Crippen LogP contribution in [0.3, 0.4) is 0 Å². The van der Waals surface area contributed by atoms with Gasteiger partial charge in [-0.05, 0) is 37.6 Å². The van der Waals surface area contributed by atoms with Crippen molar-refractivity contribution in [1.82, 2.24) is 0 Å². The second kappa shape index (κ2) is 7.26. The molecule has 0 atom stereocenters. The number of unbranched alkanes of at least 4 members (excludes halogenated alkanes) is 1. The molecule has 2 aromatic carbocycles. The van der Waals surface area contributed by atoms with Crippen LogP contribution in [0.2, 0.25) is 0 Å². The lowest BCUT2D eigenvalue weighted by molar-refractivity contribution is 0.838. The molecule has 98 valence electrons. The molecular formula is C18H22P+. The third kappa shape index (κ3) is 3.78. The fraction of sp³-hybridized carbons (Fsp3) is 0.278. The minimum atomic E-state index is -0.307. The van der Waals surface area contributed by atoms with Gasteiger partial charge in [-0.1, -0.05) is 49.7 Å². The van der Waals surface area contributed by atoms with Crippen LogP contribution < -0.4 is 10.6 Å². The number of rotatable bonds is 5. The Hall–Kier alpha value is -1.39. The Bertz CT molecular complexity index is 485. The van der Waals surface area contributed by atoms with Crippen LogP contribution in [0.25, 0.3) is 0 Å². The van der Waals surface area contributed by atoms with Crippen LogP contribution in [-0.4, -0.2) is 5.29 Å². The second-order valence-corrected chi connectivity index (χ2v) is 7.31. The van der Waals surface area contributed by atoms with E-state index in [1.54, 1.807) is 5.29 Å². The van der Waals surface area contributed by atoms with E-state index >= 15 is 0 Å². The van der Waals surface area contributed by atoms with E-state index < -0.39 is 0 Å². The molecule has 0 spiro atoms. The molecule has 0 aliphatic rings. The van der Waals surface area contributed by atoms with Crippen molar-refractivity contribution in [2.75, 3.05) is 0 Å². The summed E-state index contributed by atoms with van der Waals surface area (Å²) in [6.45, 7) is 4.60. The van der Waals surface area contributed by atoms with Gasteiger partial charge >= 0.3 is 0 Å². The van der Waals surface area contributed by atoms with Gasteiger partial charge in [0, 0.05) is 6.42 Å². The topological polar surface area (TPSA) is 0 Å². The lowest BCUT2D eigenvalue weighted by atomic mass is 10.2. The van der Waals surface area contributed by atoms with Gasteiger partial charge in [0.2, 0.25) is 0 Å². The standard InChI is InChI=1S/C18H22P/c1-3-4-11-16(2)19(17-12-7-5-8-13-17)18-14-9-6-10-15-18/h5-10,12-15H,3-4,11H2,1-2H3/q+1. The van der Waals surface area contributed by atoms with Crippen LogP contribution in [0, 0.1) is 0 Å². The Balaban J connectivity index is 2.45. The maximum atomic E-state index is 2.33. The van der Waals surface area contributed by atoms with E-state index in [2.05, 4.69) is 74.5 Å². The predicted molar refractivity (Wildman–Crippen MR) is 89.3 cm³/mol. The average Bonchev–Trinajstić information content (AvgIpc) is 2.47. The molecule has 2 aromatic rings. The summed E-state index contributed by atoms with van der Waals surface area (Å²) in [6.07, 6.45) is 3.81. The zero-order valence-corrected chi connectivity index (χ0v) is 12.7. The zero-order chi connectivity index (χ0) is 13.5. The molecule has 0 saturated heterocycles. The summed E-state index contributed by atoms with van der Waals surface area (Å²) in [4.78, 5) is 0. The molecule has 0 radical (unpaired) electrons. The number of hydrogen-bond acceptors (Lipinski definition) is 0. The highest BCUT2D eigenvalue weighted by Gasteiger charge is 2.21. The number of hydrogen-bond donors (Lipinski definition) is 0. The Labute approximate surface area is 117 Å². The molecule has 0 aliphatic carbocycles. The van der Waals surface area contributed by atoms with Crippen LogP contribution in [0.1, 0.15) is 33.1 Å². The van der Waals surface area contributed by atoms with Gasteiger partial charge in [0.05, 0.1) is 0 Å². The highest BCUT2D eigenvalue weighted by Crippen LogP contribution is 2.26. The van der Waals surface area contributed by atoms with Crippen molar-refractivity contribution >= 4 is 23.4 Å². The SMILES string of the molecule is CCCCC(C)=[P+](c1ccccc1)c1ccccc1. The molecular weight excluding hydrogens is 247 g/mol. The van der Waals surface area contributed by atoms with Crippen molar-refractivity contribution in [3.63, 3.8) is 0 Å². The van der Waals surface area contributed by atoms with Gasteiger partial charge in [0.1, 0.15) is 5.29 Å². The van der Waals surface area contributed by atoms with E-state index in [9.17, 15) is 0 Å². The average molecular weight is 269 g/mol. The molecule has 2 rings (SSSR count).